The first-order valence-electron chi connectivity index (χ1n) is 6.21. The zero-order valence-electron chi connectivity index (χ0n) is 10.1. The summed E-state index contributed by atoms with van der Waals surface area (Å²) in [5.41, 5.74) is 8.37. The van der Waals surface area contributed by atoms with E-state index in [0.717, 1.165) is 12.2 Å². The first-order valence-corrected chi connectivity index (χ1v) is 6.21. The highest BCUT2D eigenvalue weighted by atomic mass is 16.5. The van der Waals surface area contributed by atoms with Gasteiger partial charge in [0.1, 0.15) is 5.75 Å². The minimum Gasteiger partial charge on any atom is -0.497 e. The second-order valence-electron chi connectivity index (χ2n) is 4.70. The predicted molar refractivity (Wildman–Crippen MR) is 69.5 cm³/mol. The molecule has 0 atom stereocenters. The number of benzene rings is 1. The second-order valence-corrected chi connectivity index (χ2v) is 4.70. The number of aromatic nitrogens is 1. The number of methoxy groups -OCH3 is 1. The lowest BCUT2D eigenvalue weighted by atomic mass is 10.2. The molecule has 0 aliphatic heterocycles. The van der Waals surface area contributed by atoms with Gasteiger partial charge in [0, 0.05) is 22.6 Å². The van der Waals surface area contributed by atoms with Crippen molar-refractivity contribution in [2.45, 2.75) is 25.3 Å². The quantitative estimate of drug-likeness (QED) is 0.876. The first kappa shape index (κ1) is 10.7. The molecule has 90 valence electrons. The van der Waals surface area contributed by atoms with Gasteiger partial charge in [-0.15, -0.1) is 0 Å². The number of ether oxygens (including phenoxy) is 1. The van der Waals surface area contributed by atoms with Crippen LogP contribution in [0.25, 0.3) is 10.9 Å². The van der Waals surface area contributed by atoms with E-state index in [2.05, 4.69) is 22.8 Å². The van der Waals surface area contributed by atoms with E-state index in [1.807, 2.05) is 6.07 Å². The maximum atomic E-state index is 5.69. The maximum Gasteiger partial charge on any atom is 0.119 e. The fourth-order valence-corrected chi connectivity index (χ4v) is 2.50. The van der Waals surface area contributed by atoms with Crippen molar-refractivity contribution in [2.24, 2.45) is 5.73 Å². The van der Waals surface area contributed by atoms with Gasteiger partial charge in [-0.25, -0.2) is 0 Å². The van der Waals surface area contributed by atoms with Crippen molar-refractivity contribution in [3.05, 3.63) is 30.0 Å². The van der Waals surface area contributed by atoms with Crippen molar-refractivity contribution >= 4 is 10.9 Å². The average molecular weight is 230 g/mol. The van der Waals surface area contributed by atoms with Gasteiger partial charge in [-0.2, -0.15) is 0 Å². The lowest BCUT2D eigenvalue weighted by Crippen LogP contribution is -2.07. The van der Waals surface area contributed by atoms with Crippen LogP contribution in [0.5, 0.6) is 5.75 Å². The molecule has 0 saturated heterocycles. The van der Waals surface area contributed by atoms with Crippen LogP contribution in [-0.2, 0) is 6.42 Å². The number of rotatable bonds is 4. The minimum atomic E-state index is 0.697. The van der Waals surface area contributed by atoms with Crippen molar-refractivity contribution in [1.82, 2.24) is 4.57 Å². The Kier molecular flexibility index (Phi) is 2.56. The number of hydrogen-bond donors (Lipinski definition) is 1. The maximum absolute atomic E-state index is 5.69. The fraction of sp³-hybridized carbons (Fsp3) is 0.429. The number of nitrogens with two attached hydrogens (primary N) is 1. The number of nitrogens with zero attached hydrogens (tertiary/aromatic N) is 1. The summed E-state index contributed by atoms with van der Waals surface area (Å²) in [5.74, 6) is 0.921. The summed E-state index contributed by atoms with van der Waals surface area (Å²) < 4.78 is 7.73. The Balaban J connectivity index is 2.15. The van der Waals surface area contributed by atoms with Gasteiger partial charge in [-0.05, 0) is 50.1 Å². The molecule has 1 aromatic heterocycles. The standard InChI is InChI=1S/C14H18N2O/c1-17-13-4-5-14-10(9-13)8-12(6-7-15)16(14)11-2-3-11/h4-5,8-9,11H,2-3,6-7,15H2,1H3. The molecular formula is C14H18N2O. The highest BCUT2D eigenvalue weighted by Gasteiger charge is 2.26. The molecule has 0 bridgehead atoms. The van der Waals surface area contributed by atoms with E-state index in [1.165, 1.54) is 29.4 Å². The largest absolute Gasteiger partial charge is 0.497 e. The van der Waals surface area contributed by atoms with Crippen LogP contribution in [0.2, 0.25) is 0 Å². The Bertz CT molecular complexity index is 540. The van der Waals surface area contributed by atoms with Crippen molar-refractivity contribution < 1.29 is 4.74 Å². The molecule has 1 fully saturated rings. The van der Waals surface area contributed by atoms with Gasteiger partial charge < -0.3 is 15.0 Å². The van der Waals surface area contributed by atoms with Crippen LogP contribution < -0.4 is 10.5 Å². The van der Waals surface area contributed by atoms with E-state index in [4.69, 9.17) is 10.5 Å². The molecule has 2 N–H and O–H groups in total. The zero-order chi connectivity index (χ0) is 11.8. The molecule has 1 aliphatic rings. The number of fused-ring (bicyclic) bond motifs is 1. The molecular weight excluding hydrogens is 212 g/mol. The zero-order valence-corrected chi connectivity index (χ0v) is 10.1. The summed E-state index contributed by atoms with van der Waals surface area (Å²) in [5, 5.41) is 1.26. The summed E-state index contributed by atoms with van der Waals surface area (Å²) >= 11 is 0. The van der Waals surface area contributed by atoms with Crippen LogP contribution in [0.3, 0.4) is 0 Å². The van der Waals surface area contributed by atoms with Gasteiger partial charge in [-0.1, -0.05) is 0 Å². The van der Waals surface area contributed by atoms with Crippen LogP contribution in [0.4, 0.5) is 0 Å². The molecule has 3 rings (SSSR count). The van der Waals surface area contributed by atoms with E-state index in [0.29, 0.717) is 12.6 Å². The summed E-state index contributed by atoms with van der Waals surface area (Å²) in [6.07, 6.45) is 3.55. The lowest BCUT2D eigenvalue weighted by Gasteiger charge is -2.08. The predicted octanol–water partition coefficient (Wildman–Crippen LogP) is 2.49. The fourth-order valence-electron chi connectivity index (χ4n) is 2.50. The molecule has 3 heteroatoms. The van der Waals surface area contributed by atoms with E-state index >= 15 is 0 Å². The van der Waals surface area contributed by atoms with E-state index in [-0.39, 0.29) is 0 Å². The molecule has 1 aliphatic carbocycles. The second kappa shape index (κ2) is 4.08. The topological polar surface area (TPSA) is 40.2 Å². The Hall–Kier alpha value is -1.48. The Morgan fingerprint density at radius 1 is 1.35 bits per heavy atom. The summed E-state index contributed by atoms with van der Waals surface area (Å²) in [4.78, 5) is 0. The molecule has 3 nitrogen and oxygen atoms in total. The summed E-state index contributed by atoms with van der Waals surface area (Å²) in [6.45, 7) is 0.709. The number of hydrogen-bond acceptors (Lipinski definition) is 2. The summed E-state index contributed by atoms with van der Waals surface area (Å²) in [6, 6.07) is 9.25. The van der Waals surface area contributed by atoms with E-state index < -0.39 is 0 Å². The third-order valence-electron chi connectivity index (χ3n) is 3.44. The monoisotopic (exact) mass is 230 g/mol. The third kappa shape index (κ3) is 1.80. The van der Waals surface area contributed by atoms with Gasteiger partial charge in [-0.3, -0.25) is 0 Å². The van der Waals surface area contributed by atoms with Crippen LogP contribution in [0.1, 0.15) is 24.6 Å². The third-order valence-corrected chi connectivity index (χ3v) is 3.44. The van der Waals surface area contributed by atoms with Gasteiger partial charge in [0.15, 0.2) is 0 Å². The molecule has 1 heterocycles. The van der Waals surface area contributed by atoms with Crippen molar-refractivity contribution in [3.63, 3.8) is 0 Å². The summed E-state index contributed by atoms with van der Waals surface area (Å²) in [7, 11) is 1.71. The van der Waals surface area contributed by atoms with Crippen LogP contribution >= 0.6 is 0 Å². The Morgan fingerprint density at radius 2 is 2.18 bits per heavy atom. The molecule has 2 aromatic rings. The van der Waals surface area contributed by atoms with Crippen molar-refractivity contribution in [1.29, 1.82) is 0 Å². The molecule has 0 amide bonds. The first-order chi connectivity index (χ1) is 8.33. The normalized spacial score (nSPS) is 15.4. The smallest absolute Gasteiger partial charge is 0.119 e. The van der Waals surface area contributed by atoms with E-state index in [9.17, 15) is 0 Å². The molecule has 0 unspecified atom stereocenters. The van der Waals surface area contributed by atoms with Gasteiger partial charge in [0.25, 0.3) is 0 Å². The molecule has 17 heavy (non-hydrogen) atoms. The highest BCUT2D eigenvalue weighted by Crippen LogP contribution is 2.40. The highest BCUT2D eigenvalue weighted by molar-refractivity contribution is 5.83. The van der Waals surface area contributed by atoms with Gasteiger partial charge in [0.05, 0.1) is 7.11 Å². The van der Waals surface area contributed by atoms with Crippen LogP contribution in [0.15, 0.2) is 24.3 Å². The van der Waals surface area contributed by atoms with Crippen molar-refractivity contribution in [3.8, 4) is 5.75 Å². The van der Waals surface area contributed by atoms with Gasteiger partial charge >= 0.3 is 0 Å². The molecule has 0 radical (unpaired) electrons. The molecule has 0 spiro atoms. The minimum absolute atomic E-state index is 0.697. The van der Waals surface area contributed by atoms with Crippen LogP contribution in [0, 0.1) is 0 Å². The van der Waals surface area contributed by atoms with Crippen molar-refractivity contribution in [2.75, 3.05) is 13.7 Å². The Morgan fingerprint density at radius 3 is 2.82 bits per heavy atom. The Labute approximate surface area is 101 Å². The van der Waals surface area contributed by atoms with Gasteiger partial charge in [0.2, 0.25) is 0 Å². The van der Waals surface area contributed by atoms with Crippen LogP contribution in [-0.4, -0.2) is 18.2 Å². The van der Waals surface area contributed by atoms with E-state index in [1.54, 1.807) is 7.11 Å². The SMILES string of the molecule is COc1ccc2c(c1)cc(CCN)n2C1CC1. The average Bonchev–Trinajstić information content (AvgIpc) is 3.11. The molecule has 1 aromatic carbocycles. The molecule has 1 saturated carbocycles. The lowest BCUT2D eigenvalue weighted by molar-refractivity contribution is 0.415.